The first-order chi connectivity index (χ1) is 8.60. The highest BCUT2D eigenvalue weighted by Crippen LogP contribution is 2.27. The van der Waals surface area contributed by atoms with Crippen molar-refractivity contribution < 1.29 is 0 Å². The van der Waals surface area contributed by atoms with Crippen molar-refractivity contribution in [3.8, 4) is 0 Å². The number of rotatable bonds is 5. The van der Waals surface area contributed by atoms with Gasteiger partial charge in [0.25, 0.3) is 0 Å². The molecule has 0 saturated heterocycles. The molecule has 0 spiro atoms. The molecule has 0 amide bonds. The van der Waals surface area contributed by atoms with Crippen molar-refractivity contribution in [2.45, 2.75) is 32.9 Å². The summed E-state index contributed by atoms with van der Waals surface area (Å²) in [5.74, 6) is 0. The molecule has 1 unspecified atom stereocenters. The summed E-state index contributed by atoms with van der Waals surface area (Å²) in [4.78, 5) is 9.49. The van der Waals surface area contributed by atoms with Crippen LogP contribution in [0.1, 0.15) is 35.5 Å². The molecular formula is C11H13Cl2N3S2. The van der Waals surface area contributed by atoms with E-state index in [1.165, 1.54) is 11.3 Å². The van der Waals surface area contributed by atoms with E-state index in [2.05, 4.69) is 34.5 Å². The lowest BCUT2D eigenvalue weighted by Crippen LogP contribution is -2.18. The van der Waals surface area contributed by atoms with Gasteiger partial charge in [0.1, 0.15) is 5.15 Å². The molecule has 18 heavy (non-hydrogen) atoms. The van der Waals surface area contributed by atoms with Gasteiger partial charge >= 0.3 is 0 Å². The maximum atomic E-state index is 5.96. The maximum Gasteiger partial charge on any atom is 0.185 e. The summed E-state index contributed by atoms with van der Waals surface area (Å²) >= 11 is 14.9. The summed E-state index contributed by atoms with van der Waals surface area (Å²) in [6.45, 7) is 4.86. The number of nitrogens with zero attached hydrogens (tertiary/aromatic N) is 2. The van der Waals surface area contributed by atoms with Gasteiger partial charge in [-0.05, 0) is 13.3 Å². The minimum Gasteiger partial charge on any atom is -0.304 e. The van der Waals surface area contributed by atoms with Crippen molar-refractivity contribution in [3.63, 3.8) is 0 Å². The van der Waals surface area contributed by atoms with Crippen molar-refractivity contribution in [1.82, 2.24) is 15.3 Å². The normalized spacial score (nSPS) is 12.9. The van der Waals surface area contributed by atoms with Crippen LogP contribution in [-0.2, 0) is 13.0 Å². The Balaban J connectivity index is 1.95. The monoisotopic (exact) mass is 321 g/mol. The number of nitrogens with one attached hydrogen (secondary N) is 1. The van der Waals surface area contributed by atoms with Gasteiger partial charge in [0.15, 0.2) is 4.47 Å². The minimum atomic E-state index is 0.193. The van der Waals surface area contributed by atoms with Crippen LogP contribution in [0.5, 0.6) is 0 Å². The average Bonchev–Trinajstić information content (AvgIpc) is 2.93. The molecule has 0 aliphatic carbocycles. The third kappa shape index (κ3) is 3.42. The van der Waals surface area contributed by atoms with Gasteiger partial charge in [0, 0.05) is 18.0 Å². The van der Waals surface area contributed by atoms with Crippen molar-refractivity contribution >= 4 is 45.9 Å². The molecule has 2 aromatic rings. The molecule has 0 saturated carbocycles. The molecule has 3 nitrogen and oxygen atoms in total. The van der Waals surface area contributed by atoms with Crippen LogP contribution in [0.15, 0.2) is 5.38 Å². The zero-order valence-electron chi connectivity index (χ0n) is 10.0. The fourth-order valence-corrected chi connectivity index (χ4v) is 3.64. The van der Waals surface area contributed by atoms with Crippen LogP contribution < -0.4 is 5.32 Å². The maximum absolute atomic E-state index is 5.96. The molecule has 98 valence electrons. The van der Waals surface area contributed by atoms with Crippen molar-refractivity contribution in [3.05, 3.63) is 30.6 Å². The molecule has 0 aliphatic rings. The third-order valence-electron chi connectivity index (χ3n) is 2.51. The van der Waals surface area contributed by atoms with E-state index in [0.29, 0.717) is 16.2 Å². The lowest BCUT2D eigenvalue weighted by atomic mass is 10.2. The van der Waals surface area contributed by atoms with Crippen LogP contribution in [0.4, 0.5) is 0 Å². The number of hydrogen-bond acceptors (Lipinski definition) is 5. The van der Waals surface area contributed by atoms with Gasteiger partial charge in [-0.1, -0.05) is 30.1 Å². The Morgan fingerprint density at radius 3 is 2.72 bits per heavy atom. The highest BCUT2D eigenvalue weighted by Gasteiger charge is 2.12. The van der Waals surface area contributed by atoms with E-state index in [-0.39, 0.29) is 6.04 Å². The van der Waals surface area contributed by atoms with Gasteiger partial charge in [-0.15, -0.1) is 22.7 Å². The number of aryl methyl sites for hydroxylation is 1. The molecule has 0 fully saturated rings. The minimum absolute atomic E-state index is 0.193. The smallest absolute Gasteiger partial charge is 0.185 e. The van der Waals surface area contributed by atoms with E-state index in [4.69, 9.17) is 23.2 Å². The van der Waals surface area contributed by atoms with Gasteiger partial charge in [-0.3, -0.25) is 0 Å². The molecular weight excluding hydrogens is 309 g/mol. The van der Waals surface area contributed by atoms with E-state index in [1.807, 2.05) is 0 Å². The quantitative estimate of drug-likeness (QED) is 0.891. The second-order valence-corrected chi connectivity index (χ2v) is 6.77. The largest absolute Gasteiger partial charge is 0.304 e. The second kappa shape index (κ2) is 6.30. The van der Waals surface area contributed by atoms with E-state index < -0.39 is 0 Å². The Morgan fingerprint density at radius 1 is 1.39 bits per heavy atom. The summed E-state index contributed by atoms with van der Waals surface area (Å²) < 4.78 is 0.478. The SMILES string of the molecule is CCc1nc(C(C)NCc2sc(Cl)nc2Cl)cs1. The molecule has 1 atom stereocenters. The molecule has 7 heteroatoms. The van der Waals surface area contributed by atoms with E-state index in [9.17, 15) is 0 Å². The first-order valence-electron chi connectivity index (χ1n) is 5.58. The Kier molecular flexibility index (Phi) is 4.98. The highest BCUT2D eigenvalue weighted by molar-refractivity contribution is 7.16. The fourth-order valence-electron chi connectivity index (χ4n) is 1.45. The Labute approximate surface area is 124 Å². The van der Waals surface area contributed by atoms with Crippen LogP contribution in [-0.4, -0.2) is 9.97 Å². The summed E-state index contributed by atoms with van der Waals surface area (Å²) in [5.41, 5.74) is 1.07. The summed E-state index contributed by atoms with van der Waals surface area (Å²) in [7, 11) is 0. The summed E-state index contributed by atoms with van der Waals surface area (Å²) in [5, 5.41) is 7.12. The number of aromatic nitrogens is 2. The van der Waals surface area contributed by atoms with Crippen molar-refractivity contribution in [1.29, 1.82) is 0 Å². The third-order valence-corrected chi connectivity index (χ3v) is 5.10. The van der Waals surface area contributed by atoms with Gasteiger partial charge in [0.05, 0.1) is 15.6 Å². The van der Waals surface area contributed by atoms with Crippen LogP contribution in [0, 0.1) is 0 Å². The molecule has 0 aromatic carbocycles. The van der Waals surface area contributed by atoms with Crippen LogP contribution in [0.2, 0.25) is 9.62 Å². The van der Waals surface area contributed by atoms with Gasteiger partial charge in [0.2, 0.25) is 0 Å². The molecule has 2 heterocycles. The molecule has 0 radical (unpaired) electrons. The summed E-state index contributed by atoms with van der Waals surface area (Å²) in [6.07, 6.45) is 0.980. The molecule has 2 rings (SSSR count). The molecule has 2 aromatic heterocycles. The lowest BCUT2D eigenvalue weighted by Gasteiger charge is -2.10. The molecule has 0 aliphatic heterocycles. The molecule has 0 bridgehead atoms. The van der Waals surface area contributed by atoms with E-state index in [1.54, 1.807) is 11.3 Å². The zero-order valence-corrected chi connectivity index (χ0v) is 13.2. The summed E-state index contributed by atoms with van der Waals surface area (Å²) in [6, 6.07) is 0.193. The van der Waals surface area contributed by atoms with Crippen LogP contribution in [0.3, 0.4) is 0 Å². The second-order valence-electron chi connectivity index (χ2n) is 3.80. The van der Waals surface area contributed by atoms with Crippen molar-refractivity contribution in [2.24, 2.45) is 0 Å². The number of hydrogen-bond donors (Lipinski definition) is 1. The predicted molar refractivity (Wildman–Crippen MR) is 78.9 cm³/mol. The van der Waals surface area contributed by atoms with Gasteiger partial charge in [-0.2, -0.15) is 0 Å². The fraction of sp³-hybridized carbons (Fsp3) is 0.455. The molecule has 1 N–H and O–H groups in total. The number of halogens is 2. The van der Waals surface area contributed by atoms with Crippen LogP contribution >= 0.6 is 45.9 Å². The Bertz CT molecular complexity index is 524. The van der Waals surface area contributed by atoms with Gasteiger partial charge in [-0.25, -0.2) is 9.97 Å². The average molecular weight is 322 g/mol. The standard InChI is InChI=1S/C11H13Cl2N3S2/c1-3-9-15-7(5-17-9)6(2)14-4-8-10(12)16-11(13)18-8/h5-6,14H,3-4H2,1-2H3. The Morgan fingerprint density at radius 2 is 2.17 bits per heavy atom. The van der Waals surface area contributed by atoms with E-state index in [0.717, 1.165) is 22.0 Å². The van der Waals surface area contributed by atoms with E-state index >= 15 is 0 Å². The van der Waals surface area contributed by atoms with Gasteiger partial charge < -0.3 is 5.32 Å². The first kappa shape index (κ1) is 14.2. The Hall–Kier alpha value is -0.200. The van der Waals surface area contributed by atoms with Crippen LogP contribution in [0.25, 0.3) is 0 Å². The number of thiazole rings is 2. The predicted octanol–water partition coefficient (Wildman–Crippen LogP) is 4.32. The zero-order chi connectivity index (χ0) is 13.1. The highest BCUT2D eigenvalue weighted by atomic mass is 35.5. The first-order valence-corrected chi connectivity index (χ1v) is 8.03. The topological polar surface area (TPSA) is 37.8 Å². The van der Waals surface area contributed by atoms with Crippen molar-refractivity contribution in [2.75, 3.05) is 0 Å². The lowest BCUT2D eigenvalue weighted by molar-refractivity contribution is 0.566.